The van der Waals surface area contributed by atoms with Crippen molar-refractivity contribution in [2.45, 2.75) is 6.54 Å². The fraction of sp³-hybridized carbons (Fsp3) is 0.238. The summed E-state index contributed by atoms with van der Waals surface area (Å²) in [4.78, 5) is 14.6. The molecule has 0 N–H and O–H groups in total. The Hall–Kier alpha value is -3.33. The topological polar surface area (TPSA) is 88.5 Å². The summed E-state index contributed by atoms with van der Waals surface area (Å²) in [5.41, 5.74) is 1.42. The highest BCUT2D eigenvalue weighted by atomic mass is 32.2. The van der Waals surface area contributed by atoms with Gasteiger partial charge in [0.15, 0.2) is 0 Å². The minimum absolute atomic E-state index is 0.0108. The van der Waals surface area contributed by atoms with E-state index in [4.69, 9.17) is 9.47 Å². The fourth-order valence-electron chi connectivity index (χ4n) is 3.02. The minimum atomic E-state index is -4.09. The van der Waals surface area contributed by atoms with Crippen LogP contribution in [0.25, 0.3) is 0 Å². The van der Waals surface area contributed by atoms with Crippen molar-refractivity contribution in [3.63, 3.8) is 0 Å². The summed E-state index contributed by atoms with van der Waals surface area (Å²) < 4.78 is 40.7. The third-order valence-electron chi connectivity index (χ3n) is 4.68. The molecule has 158 valence electrons. The maximum atomic E-state index is 13.1. The fourth-order valence-corrected chi connectivity index (χ4v) is 3.92. The molecule has 8 nitrogen and oxygen atoms in total. The molecule has 0 aromatic heterocycles. The van der Waals surface area contributed by atoms with Gasteiger partial charge in [0.1, 0.15) is 17.2 Å². The third kappa shape index (κ3) is 4.30. The van der Waals surface area contributed by atoms with E-state index in [0.29, 0.717) is 23.6 Å². The zero-order chi connectivity index (χ0) is 21.9. The van der Waals surface area contributed by atoms with Crippen LogP contribution in [0.1, 0.15) is 11.1 Å². The number of allylic oxidation sites excluding steroid dienone is 1. The lowest BCUT2D eigenvalue weighted by Crippen LogP contribution is -2.39. The maximum Gasteiger partial charge on any atom is 0.345 e. The Morgan fingerprint density at radius 2 is 1.80 bits per heavy atom. The van der Waals surface area contributed by atoms with E-state index in [1.165, 1.54) is 32.2 Å². The first kappa shape index (κ1) is 21.4. The third-order valence-corrected chi connectivity index (χ3v) is 6.00. The van der Waals surface area contributed by atoms with Gasteiger partial charge in [0.05, 0.1) is 19.9 Å². The molecular weight excluding hydrogens is 406 g/mol. The lowest BCUT2D eigenvalue weighted by Gasteiger charge is -2.27. The summed E-state index contributed by atoms with van der Waals surface area (Å²) in [6.45, 7) is 0.333. The van der Waals surface area contributed by atoms with Crippen LogP contribution in [0.5, 0.6) is 11.5 Å². The van der Waals surface area contributed by atoms with Gasteiger partial charge in [0.2, 0.25) is 0 Å². The molecule has 1 heterocycles. The van der Waals surface area contributed by atoms with Crippen molar-refractivity contribution in [3.05, 3.63) is 71.4 Å². The molecule has 3 rings (SSSR count). The van der Waals surface area contributed by atoms with Crippen LogP contribution in [-0.2, 0) is 21.5 Å². The second kappa shape index (κ2) is 8.58. The van der Waals surface area contributed by atoms with Gasteiger partial charge in [-0.15, -0.1) is 4.40 Å². The van der Waals surface area contributed by atoms with Gasteiger partial charge in [-0.05, 0) is 29.8 Å². The molecule has 0 fully saturated rings. The van der Waals surface area contributed by atoms with Crippen LogP contribution >= 0.6 is 0 Å². The Labute approximate surface area is 176 Å². The predicted octanol–water partition coefficient (Wildman–Crippen LogP) is 2.23. The number of hydrogen-bond donors (Lipinski definition) is 0. The highest BCUT2D eigenvalue weighted by Crippen LogP contribution is 2.29. The van der Waals surface area contributed by atoms with E-state index in [1.54, 1.807) is 25.2 Å². The maximum absolute atomic E-state index is 13.1. The molecular formula is C21H23N3O5S. The SMILES string of the molecule is COc1ccc(OC)c(C2=NS(=O)(=O)N(C)C(C(=O)N(C)Cc3ccccc3)=C2)c1. The van der Waals surface area contributed by atoms with E-state index in [9.17, 15) is 13.2 Å². The van der Waals surface area contributed by atoms with Crippen LogP contribution < -0.4 is 9.47 Å². The van der Waals surface area contributed by atoms with Crippen molar-refractivity contribution in [1.29, 1.82) is 0 Å². The number of rotatable bonds is 6. The quantitative estimate of drug-likeness (QED) is 0.703. The van der Waals surface area contributed by atoms with Gasteiger partial charge in [-0.25, -0.2) is 4.31 Å². The van der Waals surface area contributed by atoms with Crippen LogP contribution in [0.4, 0.5) is 0 Å². The van der Waals surface area contributed by atoms with Crippen molar-refractivity contribution in [2.75, 3.05) is 28.3 Å². The molecule has 0 radical (unpaired) electrons. The largest absolute Gasteiger partial charge is 0.497 e. The molecule has 0 atom stereocenters. The molecule has 0 spiro atoms. The summed E-state index contributed by atoms with van der Waals surface area (Å²) >= 11 is 0. The molecule has 0 saturated heterocycles. The van der Waals surface area contributed by atoms with E-state index < -0.39 is 16.1 Å². The zero-order valence-corrected chi connectivity index (χ0v) is 18.0. The Balaban J connectivity index is 2.01. The number of carbonyl (C=O) groups excluding carboxylic acids is 1. The normalized spacial score (nSPS) is 15.1. The Morgan fingerprint density at radius 3 is 2.43 bits per heavy atom. The first-order chi connectivity index (χ1) is 14.3. The first-order valence-electron chi connectivity index (χ1n) is 9.09. The van der Waals surface area contributed by atoms with Crippen LogP contribution in [0.3, 0.4) is 0 Å². The number of carbonyl (C=O) groups is 1. The van der Waals surface area contributed by atoms with Crippen LogP contribution in [0, 0.1) is 0 Å². The first-order valence-corrected chi connectivity index (χ1v) is 10.5. The summed E-state index contributed by atoms with van der Waals surface area (Å²) in [6.07, 6.45) is 1.45. The van der Waals surface area contributed by atoms with Gasteiger partial charge >= 0.3 is 10.2 Å². The highest BCUT2D eigenvalue weighted by molar-refractivity contribution is 7.88. The van der Waals surface area contributed by atoms with E-state index in [-0.39, 0.29) is 11.4 Å². The smallest absolute Gasteiger partial charge is 0.345 e. The summed E-state index contributed by atoms with van der Waals surface area (Å²) in [5.74, 6) is 0.474. The zero-order valence-electron chi connectivity index (χ0n) is 17.2. The second-order valence-electron chi connectivity index (χ2n) is 6.66. The molecule has 30 heavy (non-hydrogen) atoms. The average Bonchev–Trinajstić information content (AvgIpc) is 2.75. The second-order valence-corrected chi connectivity index (χ2v) is 8.29. The molecule has 0 aliphatic carbocycles. The van der Waals surface area contributed by atoms with Crippen LogP contribution in [-0.4, -0.2) is 57.6 Å². The summed E-state index contributed by atoms with van der Waals surface area (Å²) in [6, 6.07) is 14.4. The van der Waals surface area contributed by atoms with Crippen molar-refractivity contribution >= 4 is 21.8 Å². The number of ether oxygens (including phenoxy) is 2. The lowest BCUT2D eigenvalue weighted by atomic mass is 10.1. The number of hydrogen-bond acceptors (Lipinski definition) is 5. The van der Waals surface area contributed by atoms with Crippen LogP contribution in [0.2, 0.25) is 0 Å². The molecule has 2 aromatic carbocycles. The Kier molecular flexibility index (Phi) is 6.12. The van der Waals surface area contributed by atoms with Crippen molar-refractivity contribution in [1.82, 2.24) is 9.21 Å². The van der Waals surface area contributed by atoms with Gasteiger partial charge in [-0.3, -0.25) is 4.79 Å². The van der Waals surface area contributed by atoms with E-state index >= 15 is 0 Å². The van der Waals surface area contributed by atoms with Gasteiger partial charge < -0.3 is 14.4 Å². The average molecular weight is 429 g/mol. The predicted molar refractivity (Wildman–Crippen MR) is 114 cm³/mol. The highest BCUT2D eigenvalue weighted by Gasteiger charge is 2.32. The molecule has 1 aliphatic rings. The molecule has 0 saturated carbocycles. The minimum Gasteiger partial charge on any atom is -0.497 e. The van der Waals surface area contributed by atoms with Gasteiger partial charge in [0, 0.05) is 26.2 Å². The van der Waals surface area contributed by atoms with Crippen molar-refractivity contribution < 1.29 is 22.7 Å². The van der Waals surface area contributed by atoms with E-state index in [0.717, 1.165) is 9.87 Å². The number of amides is 1. The molecule has 2 aromatic rings. The van der Waals surface area contributed by atoms with E-state index in [1.807, 2.05) is 30.3 Å². The summed E-state index contributed by atoms with van der Waals surface area (Å²) in [7, 11) is 1.80. The standard InChI is InChI=1S/C21H23N3O5S/c1-23(14-15-8-6-5-7-9-15)21(25)19-13-18(22-30(26,27)24(19)2)17-12-16(28-3)10-11-20(17)29-4/h5-13H,14H2,1-4H3. The van der Waals surface area contributed by atoms with Gasteiger partial charge in [-0.2, -0.15) is 8.42 Å². The number of methoxy groups -OCH3 is 2. The molecule has 1 aliphatic heterocycles. The molecule has 1 amide bonds. The van der Waals surface area contributed by atoms with Crippen molar-refractivity contribution in [2.24, 2.45) is 4.40 Å². The molecule has 9 heteroatoms. The Morgan fingerprint density at radius 1 is 1.10 bits per heavy atom. The monoisotopic (exact) mass is 429 g/mol. The lowest BCUT2D eigenvalue weighted by molar-refractivity contribution is -0.127. The summed E-state index contributed by atoms with van der Waals surface area (Å²) in [5, 5.41) is 0. The number of likely N-dealkylation sites (N-methyl/N-ethyl adjacent to an activating group) is 2. The van der Waals surface area contributed by atoms with Gasteiger partial charge in [-0.1, -0.05) is 30.3 Å². The van der Waals surface area contributed by atoms with E-state index in [2.05, 4.69) is 4.40 Å². The molecule has 0 bridgehead atoms. The Bertz CT molecular complexity index is 1110. The number of nitrogens with zero attached hydrogens (tertiary/aromatic N) is 3. The van der Waals surface area contributed by atoms with Crippen LogP contribution in [0.15, 0.2) is 64.7 Å². The number of benzene rings is 2. The van der Waals surface area contributed by atoms with Crippen molar-refractivity contribution in [3.8, 4) is 11.5 Å². The molecule has 0 unspecified atom stereocenters. The van der Waals surface area contributed by atoms with Gasteiger partial charge in [0.25, 0.3) is 5.91 Å².